The Labute approximate surface area is 234 Å². The number of carbonyl (C=O) groups is 1. The van der Waals surface area contributed by atoms with Crippen LogP contribution in [0.25, 0.3) is 22.6 Å². The minimum absolute atomic E-state index is 0.0863. The maximum Gasteiger partial charge on any atom is 0.234 e. The summed E-state index contributed by atoms with van der Waals surface area (Å²) < 4.78 is 11.8. The minimum atomic E-state index is -0.619. The third-order valence-corrected chi connectivity index (χ3v) is 7.83. The van der Waals surface area contributed by atoms with Crippen molar-refractivity contribution < 1.29 is 19.1 Å². The number of aromatic nitrogens is 1. The van der Waals surface area contributed by atoms with Crippen molar-refractivity contribution in [1.82, 2.24) is 20.1 Å². The highest BCUT2D eigenvalue weighted by Gasteiger charge is 2.24. The fraction of sp³-hybridized carbons (Fsp3) is 0.375. The first-order valence-corrected chi connectivity index (χ1v) is 14.2. The number of aryl methyl sites for hydroxylation is 1. The summed E-state index contributed by atoms with van der Waals surface area (Å²) in [7, 11) is 0. The Kier molecular flexibility index (Phi) is 8.09. The molecule has 208 valence electrons. The molecule has 1 fully saturated rings. The number of aliphatic hydroxyl groups excluding tert-OH is 1. The molecule has 0 bridgehead atoms. The minimum Gasteiger partial charge on any atom is -0.491 e. The van der Waals surface area contributed by atoms with Crippen LogP contribution < -0.4 is 10.1 Å². The van der Waals surface area contributed by atoms with E-state index in [0.717, 1.165) is 56.5 Å². The number of piperazine rings is 1. The monoisotopic (exact) mass is 540 g/mol. The molecule has 40 heavy (non-hydrogen) atoms. The normalized spacial score (nSPS) is 18.8. The molecule has 0 radical (unpaired) electrons. The smallest absolute Gasteiger partial charge is 0.234 e. The Balaban J connectivity index is 0.932. The lowest BCUT2D eigenvalue weighted by Gasteiger charge is -2.35. The van der Waals surface area contributed by atoms with Crippen molar-refractivity contribution in [3.05, 3.63) is 83.9 Å². The first kappa shape index (κ1) is 26.5. The van der Waals surface area contributed by atoms with Gasteiger partial charge in [-0.05, 0) is 54.7 Å². The molecule has 1 amide bonds. The van der Waals surface area contributed by atoms with Crippen LogP contribution in [0, 0.1) is 0 Å². The van der Waals surface area contributed by atoms with E-state index < -0.39 is 6.10 Å². The van der Waals surface area contributed by atoms with Gasteiger partial charge in [-0.1, -0.05) is 42.5 Å². The zero-order valence-electron chi connectivity index (χ0n) is 22.7. The van der Waals surface area contributed by atoms with Crippen molar-refractivity contribution in [3.63, 3.8) is 0 Å². The fourth-order valence-corrected chi connectivity index (χ4v) is 5.72. The van der Waals surface area contributed by atoms with Crippen molar-refractivity contribution in [3.8, 4) is 17.2 Å². The summed E-state index contributed by atoms with van der Waals surface area (Å²) in [5.74, 6) is 1.30. The van der Waals surface area contributed by atoms with Gasteiger partial charge in [0.1, 0.15) is 24.0 Å². The second-order valence-electron chi connectivity index (χ2n) is 10.8. The third kappa shape index (κ3) is 6.36. The SMILES string of the molecule is O=C(CN1CCN(C[C@@H](O)COc2ccc3nc(-c4ccccc4)oc3c2)CC1)N[C@@H]1CCCc2ccccc21. The van der Waals surface area contributed by atoms with Gasteiger partial charge in [-0.2, -0.15) is 0 Å². The van der Waals surface area contributed by atoms with Crippen LogP contribution >= 0.6 is 0 Å². The number of hydrogen-bond donors (Lipinski definition) is 2. The molecule has 8 heteroatoms. The van der Waals surface area contributed by atoms with Gasteiger partial charge in [0.25, 0.3) is 0 Å². The van der Waals surface area contributed by atoms with Crippen LogP contribution in [0.5, 0.6) is 5.75 Å². The molecule has 0 saturated carbocycles. The van der Waals surface area contributed by atoms with Gasteiger partial charge in [0.2, 0.25) is 11.8 Å². The van der Waals surface area contributed by atoms with Gasteiger partial charge in [0.15, 0.2) is 5.58 Å². The lowest BCUT2D eigenvalue weighted by atomic mass is 9.88. The largest absolute Gasteiger partial charge is 0.491 e. The molecule has 2 aliphatic rings. The van der Waals surface area contributed by atoms with Gasteiger partial charge in [-0.25, -0.2) is 4.98 Å². The number of rotatable bonds is 9. The molecule has 0 unspecified atom stereocenters. The highest BCUT2D eigenvalue weighted by molar-refractivity contribution is 5.79. The van der Waals surface area contributed by atoms with Crippen LogP contribution in [0.1, 0.15) is 30.0 Å². The highest BCUT2D eigenvalue weighted by atomic mass is 16.5. The molecule has 1 aliphatic heterocycles. The van der Waals surface area contributed by atoms with Crippen molar-refractivity contribution >= 4 is 17.0 Å². The topological polar surface area (TPSA) is 91.1 Å². The lowest BCUT2D eigenvalue weighted by Crippen LogP contribution is -2.51. The van der Waals surface area contributed by atoms with Gasteiger partial charge in [0, 0.05) is 44.4 Å². The molecule has 4 aromatic rings. The number of β-amino-alcohol motifs (C(OH)–C–C–N with tert-alkyl or cyclic N) is 1. The quantitative estimate of drug-likeness (QED) is 0.331. The second-order valence-corrected chi connectivity index (χ2v) is 10.8. The van der Waals surface area contributed by atoms with E-state index in [1.165, 1.54) is 11.1 Å². The van der Waals surface area contributed by atoms with E-state index in [9.17, 15) is 9.90 Å². The van der Waals surface area contributed by atoms with E-state index in [0.29, 0.717) is 30.3 Å². The molecule has 2 atom stereocenters. The summed E-state index contributed by atoms with van der Waals surface area (Å²) >= 11 is 0. The summed E-state index contributed by atoms with van der Waals surface area (Å²) in [4.78, 5) is 21.8. The molecular formula is C32H36N4O4. The van der Waals surface area contributed by atoms with Gasteiger partial charge in [-0.15, -0.1) is 0 Å². The number of carbonyl (C=O) groups excluding carboxylic acids is 1. The zero-order valence-corrected chi connectivity index (χ0v) is 22.7. The Bertz CT molecular complexity index is 1430. The number of oxazole rings is 1. The molecule has 6 rings (SSSR count). The summed E-state index contributed by atoms with van der Waals surface area (Å²) in [6, 6.07) is 23.9. The number of amides is 1. The number of fused-ring (bicyclic) bond motifs is 2. The molecule has 1 aromatic heterocycles. The predicted molar refractivity (Wildman–Crippen MR) is 154 cm³/mol. The van der Waals surface area contributed by atoms with E-state index in [1.807, 2.05) is 48.5 Å². The number of benzene rings is 3. The molecule has 1 aliphatic carbocycles. The van der Waals surface area contributed by atoms with E-state index in [-0.39, 0.29) is 18.6 Å². The zero-order chi connectivity index (χ0) is 27.3. The molecule has 8 nitrogen and oxygen atoms in total. The third-order valence-electron chi connectivity index (χ3n) is 7.83. The molecule has 3 aromatic carbocycles. The van der Waals surface area contributed by atoms with Crippen LogP contribution in [0.4, 0.5) is 0 Å². The van der Waals surface area contributed by atoms with Crippen LogP contribution in [-0.2, 0) is 11.2 Å². The highest BCUT2D eigenvalue weighted by Crippen LogP contribution is 2.29. The van der Waals surface area contributed by atoms with Crippen LogP contribution in [-0.4, -0.2) is 77.8 Å². The Hall–Kier alpha value is -3.72. The first-order valence-electron chi connectivity index (χ1n) is 14.2. The number of aliphatic hydroxyl groups is 1. The Morgan fingerprint density at radius 2 is 1.80 bits per heavy atom. The fourth-order valence-electron chi connectivity index (χ4n) is 5.72. The van der Waals surface area contributed by atoms with Gasteiger partial charge < -0.3 is 19.6 Å². The average Bonchev–Trinajstić information content (AvgIpc) is 3.41. The average molecular weight is 541 g/mol. The van der Waals surface area contributed by atoms with Crippen LogP contribution in [0.2, 0.25) is 0 Å². The van der Waals surface area contributed by atoms with Gasteiger partial charge >= 0.3 is 0 Å². The predicted octanol–water partition coefficient (Wildman–Crippen LogP) is 4.05. The van der Waals surface area contributed by atoms with E-state index >= 15 is 0 Å². The molecular weight excluding hydrogens is 504 g/mol. The number of hydrogen-bond acceptors (Lipinski definition) is 7. The number of nitrogens with one attached hydrogen (secondary N) is 1. The number of ether oxygens (including phenoxy) is 1. The first-order chi connectivity index (χ1) is 19.6. The molecule has 2 N–H and O–H groups in total. The second kappa shape index (κ2) is 12.2. The van der Waals surface area contributed by atoms with Crippen molar-refractivity contribution in [2.24, 2.45) is 0 Å². The maximum absolute atomic E-state index is 12.8. The Morgan fingerprint density at radius 3 is 2.65 bits per heavy atom. The van der Waals surface area contributed by atoms with E-state index in [1.54, 1.807) is 0 Å². The Morgan fingerprint density at radius 1 is 1.02 bits per heavy atom. The standard InChI is InChI=1S/C32H36N4O4/c37-25(22-39-26-13-14-29-30(19-26)40-32(34-29)24-8-2-1-3-9-24)20-35-15-17-36(18-16-35)21-31(38)33-28-12-6-10-23-7-4-5-11-27(23)28/h1-5,7-9,11,13-14,19,25,28,37H,6,10,12,15-18,20-22H2,(H,33,38)/t25-,28-/m1/s1. The summed E-state index contributed by atoms with van der Waals surface area (Å²) in [5, 5.41) is 13.9. The van der Waals surface area contributed by atoms with E-state index in [4.69, 9.17) is 9.15 Å². The van der Waals surface area contributed by atoms with Gasteiger partial charge in [0.05, 0.1) is 12.6 Å². The summed E-state index contributed by atoms with van der Waals surface area (Å²) in [6.07, 6.45) is 2.58. The van der Waals surface area contributed by atoms with Crippen molar-refractivity contribution in [2.45, 2.75) is 31.4 Å². The molecule has 2 heterocycles. The maximum atomic E-state index is 12.8. The van der Waals surface area contributed by atoms with Gasteiger partial charge in [-0.3, -0.25) is 14.6 Å². The van der Waals surface area contributed by atoms with Crippen LogP contribution in [0.15, 0.2) is 77.2 Å². The lowest BCUT2D eigenvalue weighted by molar-refractivity contribution is -0.123. The molecule has 0 spiro atoms. The van der Waals surface area contributed by atoms with E-state index in [2.05, 4.69) is 44.4 Å². The number of nitrogens with zero attached hydrogens (tertiary/aromatic N) is 3. The van der Waals surface area contributed by atoms with Crippen molar-refractivity contribution in [2.75, 3.05) is 45.9 Å². The molecule has 1 saturated heterocycles. The van der Waals surface area contributed by atoms with Crippen LogP contribution in [0.3, 0.4) is 0 Å². The van der Waals surface area contributed by atoms with Crippen molar-refractivity contribution in [1.29, 1.82) is 0 Å². The summed E-state index contributed by atoms with van der Waals surface area (Å²) in [6.45, 7) is 4.35. The summed E-state index contributed by atoms with van der Waals surface area (Å²) in [5.41, 5.74) is 4.96.